The van der Waals surface area contributed by atoms with Gasteiger partial charge in [-0.2, -0.15) is 0 Å². The fraction of sp³-hybridized carbons (Fsp3) is 0.415. The standard InChI is InChI=1S/C41H51N3O7S2Si/c1-40(2,3)54(33-17-6-4-7-18-33,34-19-8-5-9-20-34)50-27-25-42-39(46)43-32-16-14-15-31(29-32)35-22-23-36(52-35)41(24-11-13-28-53(41,47)48)30-37(45)44-51-38-21-10-12-26-49-38/h4-9,14-20,22-23,29,38H,10-13,21,24-28,30H2,1-3H3,(H,44,45)(H2,42,43,46)/t38?,41-/m0/s1. The van der Waals surface area contributed by atoms with Crippen molar-refractivity contribution in [2.24, 2.45) is 0 Å². The number of hydrogen-bond acceptors (Lipinski definition) is 8. The Labute approximate surface area is 324 Å². The highest BCUT2D eigenvalue weighted by Gasteiger charge is 2.51. The molecule has 2 aliphatic heterocycles. The van der Waals surface area contributed by atoms with E-state index in [1.54, 1.807) is 0 Å². The normalized spacial score (nSPS) is 20.2. The summed E-state index contributed by atoms with van der Waals surface area (Å²) in [6.45, 7) is 7.87. The summed E-state index contributed by atoms with van der Waals surface area (Å²) in [4.78, 5) is 33.2. The Balaban J connectivity index is 1.11. The van der Waals surface area contributed by atoms with Crippen LogP contribution in [-0.2, 0) is 33.4 Å². The molecule has 3 aromatic carbocycles. The van der Waals surface area contributed by atoms with E-state index in [4.69, 9.17) is 14.0 Å². The Kier molecular flexibility index (Phi) is 12.8. The SMILES string of the molecule is CC(C)(C)[Si](OCCNC(=O)Nc1cccc(-c2ccc([C@@]3(CC(=O)NOC4CCCCO4)CCCCS3(=O)=O)s2)c1)(c1ccccc1)c1ccccc1. The van der Waals surface area contributed by atoms with Gasteiger partial charge >= 0.3 is 6.03 Å². The monoisotopic (exact) mass is 789 g/mol. The minimum absolute atomic E-state index is 0.0253. The lowest BCUT2D eigenvalue weighted by Gasteiger charge is -2.43. The molecule has 10 nitrogen and oxygen atoms in total. The molecular weight excluding hydrogens is 739 g/mol. The number of amides is 3. The molecule has 2 atom stereocenters. The van der Waals surface area contributed by atoms with E-state index in [9.17, 15) is 18.0 Å². The first-order valence-electron chi connectivity index (χ1n) is 18.7. The molecule has 0 saturated carbocycles. The fourth-order valence-electron chi connectivity index (χ4n) is 7.64. The Bertz CT molecular complexity index is 1940. The van der Waals surface area contributed by atoms with Gasteiger partial charge in [0, 0.05) is 35.0 Å². The number of hydrogen-bond donors (Lipinski definition) is 3. The second-order valence-electron chi connectivity index (χ2n) is 15.0. The summed E-state index contributed by atoms with van der Waals surface area (Å²) in [6, 6.07) is 31.6. The average Bonchev–Trinajstić information content (AvgIpc) is 3.67. The summed E-state index contributed by atoms with van der Waals surface area (Å²) in [5.41, 5.74) is 3.88. The van der Waals surface area contributed by atoms with Gasteiger partial charge in [0.1, 0.15) is 4.75 Å². The number of thiophene rings is 1. The average molecular weight is 790 g/mol. The van der Waals surface area contributed by atoms with Crippen LogP contribution in [-0.4, -0.2) is 60.5 Å². The second kappa shape index (κ2) is 17.3. The maximum absolute atomic E-state index is 13.7. The maximum atomic E-state index is 13.7. The molecule has 3 heterocycles. The second-order valence-corrected chi connectivity index (χ2v) is 22.8. The van der Waals surface area contributed by atoms with Crippen molar-refractivity contribution in [1.82, 2.24) is 10.8 Å². The zero-order chi connectivity index (χ0) is 38.2. The summed E-state index contributed by atoms with van der Waals surface area (Å²) in [7, 11) is -6.37. The van der Waals surface area contributed by atoms with Gasteiger partial charge in [-0.05, 0) is 70.9 Å². The van der Waals surface area contributed by atoms with E-state index in [1.165, 1.54) is 21.7 Å². The molecule has 0 radical (unpaired) electrons. The van der Waals surface area contributed by atoms with Crippen LogP contribution in [0.15, 0.2) is 97.1 Å². The summed E-state index contributed by atoms with van der Waals surface area (Å²) in [5.74, 6) is -0.462. The van der Waals surface area contributed by atoms with E-state index >= 15 is 0 Å². The summed E-state index contributed by atoms with van der Waals surface area (Å²) < 4.78 is 38.5. The lowest BCUT2D eigenvalue weighted by atomic mass is 9.94. The lowest BCUT2D eigenvalue weighted by molar-refractivity contribution is -0.200. The van der Waals surface area contributed by atoms with Gasteiger partial charge in [0.2, 0.25) is 5.91 Å². The van der Waals surface area contributed by atoms with Crippen molar-refractivity contribution in [1.29, 1.82) is 0 Å². The van der Waals surface area contributed by atoms with Gasteiger partial charge in [-0.25, -0.2) is 23.5 Å². The van der Waals surface area contributed by atoms with Crippen molar-refractivity contribution in [3.63, 3.8) is 0 Å². The summed E-state index contributed by atoms with van der Waals surface area (Å²) in [6.07, 6.45) is 3.42. The van der Waals surface area contributed by atoms with E-state index in [-0.39, 0.29) is 23.2 Å². The number of rotatable bonds is 13. The van der Waals surface area contributed by atoms with Gasteiger partial charge in [-0.15, -0.1) is 11.3 Å². The number of nitrogens with one attached hydrogen (secondary N) is 3. The van der Waals surface area contributed by atoms with Crippen LogP contribution in [0.3, 0.4) is 0 Å². The van der Waals surface area contributed by atoms with Crippen LogP contribution in [0.25, 0.3) is 10.4 Å². The summed E-state index contributed by atoms with van der Waals surface area (Å²) in [5, 5.41) is 8.07. The van der Waals surface area contributed by atoms with Crippen LogP contribution in [0.4, 0.5) is 10.5 Å². The Hall–Kier alpha value is -3.85. The molecule has 3 amide bonds. The molecular formula is C41H51N3O7S2Si. The molecule has 0 spiro atoms. The number of urea groups is 1. The molecule has 2 fully saturated rings. The van der Waals surface area contributed by atoms with Crippen LogP contribution < -0.4 is 26.5 Å². The van der Waals surface area contributed by atoms with Crippen molar-refractivity contribution >= 4 is 57.5 Å². The molecule has 6 rings (SSSR count). The van der Waals surface area contributed by atoms with Gasteiger partial charge in [-0.1, -0.05) is 100.0 Å². The third-order valence-electron chi connectivity index (χ3n) is 10.3. The van der Waals surface area contributed by atoms with E-state index in [0.29, 0.717) is 56.0 Å². The third kappa shape index (κ3) is 8.82. The van der Waals surface area contributed by atoms with Gasteiger partial charge < -0.3 is 19.8 Å². The molecule has 3 N–H and O–H groups in total. The highest BCUT2D eigenvalue weighted by atomic mass is 32.2. The number of ether oxygens (including phenoxy) is 1. The van der Waals surface area contributed by atoms with E-state index in [0.717, 1.165) is 23.3 Å². The van der Waals surface area contributed by atoms with Crippen molar-refractivity contribution in [3.8, 4) is 10.4 Å². The summed E-state index contributed by atoms with van der Waals surface area (Å²) >= 11 is 1.36. The quantitative estimate of drug-likeness (QED) is 0.0766. The molecule has 2 aliphatic rings. The Morgan fingerprint density at radius 1 is 0.907 bits per heavy atom. The predicted molar refractivity (Wildman–Crippen MR) is 217 cm³/mol. The zero-order valence-corrected chi connectivity index (χ0v) is 33.9. The fourth-order valence-corrected chi connectivity index (χ4v) is 16.0. The van der Waals surface area contributed by atoms with E-state index in [1.807, 2.05) is 72.8 Å². The number of sulfone groups is 1. The Morgan fingerprint density at radius 3 is 2.28 bits per heavy atom. The van der Waals surface area contributed by atoms with Crippen molar-refractivity contribution in [2.75, 3.05) is 30.8 Å². The number of anilines is 1. The highest BCUT2D eigenvalue weighted by molar-refractivity contribution is 7.92. The molecule has 54 heavy (non-hydrogen) atoms. The van der Waals surface area contributed by atoms with Crippen LogP contribution in [0.5, 0.6) is 0 Å². The number of benzene rings is 3. The van der Waals surface area contributed by atoms with Crippen molar-refractivity contribution in [3.05, 3.63) is 102 Å². The molecule has 2 saturated heterocycles. The number of hydroxylamine groups is 1. The first-order valence-corrected chi connectivity index (χ1v) is 23.1. The maximum Gasteiger partial charge on any atom is 0.319 e. The van der Waals surface area contributed by atoms with Crippen LogP contribution >= 0.6 is 11.3 Å². The number of carbonyl (C=O) groups is 2. The number of carbonyl (C=O) groups excluding carboxylic acids is 2. The van der Waals surface area contributed by atoms with Crippen molar-refractivity contribution < 1.29 is 32.0 Å². The van der Waals surface area contributed by atoms with Crippen LogP contribution in [0.1, 0.15) is 70.6 Å². The van der Waals surface area contributed by atoms with Crippen LogP contribution in [0.2, 0.25) is 5.04 Å². The highest BCUT2D eigenvalue weighted by Crippen LogP contribution is 2.47. The Morgan fingerprint density at radius 2 is 1.63 bits per heavy atom. The van der Waals surface area contributed by atoms with Gasteiger partial charge in [0.25, 0.3) is 8.32 Å². The van der Waals surface area contributed by atoms with Crippen molar-refractivity contribution in [2.45, 2.75) is 81.8 Å². The first-order chi connectivity index (χ1) is 25.9. The largest absolute Gasteiger partial charge is 0.406 e. The zero-order valence-electron chi connectivity index (χ0n) is 31.3. The molecule has 13 heteroatoms. The molecule has 0 bridgehead atoms. The lowest BCUT2D eigenvalue weighted by Crippen LogP contribution is -2.67. The van der Waals surface area contributed by atoms with Gasteiger partial charge in [0.05, 0.1) is 18.8 Å². The topological polar surface area (TPSA) is 132 Å². The minimum atomic E-state index is -3.64. The van der Waals surface area contributed by atoms with Gasteiger partial charge in [0.15, 0.2) is 16.1 Å². The predicted octanol–water partition coefficient (Wildman–Crippen LogP) is 6.87. The van der Waals surface area contributed by atoms with E-state index in [2.05, 4.69) is 61.2 Å². The smallest absolute Gasteiger partial charge is 0.319 e. The van der Waals surface area contributed by atoms with Gasteiger partial charge in [-0.3, -0.25) is 4.79 Å². The first kappa shape index (κ1) is 39.8. The minimum Gasteiger partial charge on any atom is -0.406 e. The molecule has 0 aliphatic carbocycles. The van der Waals surface area contributed by atoms with Crippen LogP contribution in [0, 0.1) is 0 Å². The van der Waals surface area contributed by atoms with E-state index < -0.39 is 35.1 Å². The molecule has 1 unspecified atom stereocenters. The molecule has 288 valence electrons. The molecule has 1 aromatic heterocycles. The third-order valence-corrected chi connectivity index (χ3v) is 19.4. The molecule has 4 aromatic rings.